The number of rotatable bonds is 17. The third kappa shape index (κ3) is 13.9. The number of hydrogen-bond donors (Lipinski definition) is 7. The van der Waals surface area contributed by atoms with E-state index in [2.05, 4.69) is 16.0 Å². The molecule has 13 nitrogen and oxygen atoms in total. The number of hydrogen-bond acceptors (Lipinski definition) is 7. The second-order valence-corrected chi connectivity index (χ2v) is 9.25. The summed E-state index contributed by atoms with van der Waals surface area (Å²) in [6.45, 7) is 7.20. The van der Waals surface area contributed by atoms with Crippen LogP contribution in [0.25, 0.3) is 0 Å². The topological polar surface area (TPSA) is 225 Å². The molecule has 0 spiro atoms. The first kappa shape index (κ1) is 31.8. The molecule has 0 bridgehead atoms. The molecule has 0 heterocycles. The highest BCUT2D eigenvalue weighted by atomic mass is 16.4. The summed E-state index contributed by atoms with van der Waals surface area (Å²) in [4.78, 5) is 71.6. The Morgan fingerprint density at radius 1 is 0.629 bits per heavy atom. The summed E-state index contributed by atoms with van der Waals surface area (Å²) in [5, 5.41) is 34.4. The Morgan fingerprint density at radius 2 is 1.00 bits per heavy atom. The van der Waals surface area contributed by atoms with Gasteiger partial charge in [-0.05, 0) is 37.5 Å². The third-order valence-electron chi connectivity index (χ3n) is 4.94. The lowest BCUT2D eigenvalue weighted by Crippen LogP contribution is -2.57. The normalized spacial score (nSPS) is 14.5. The van der Waals surface area contributed by atoms with Gasteiger partial charge in [0.15, 0.2) is 0 Å². The molecule has 0 rings (SSSR count). The number of nitrogens with two attached hydrogens (primary N) is 1. The first-order valence-electron chi connectivity index (χ1n) is 11.5. The summed E-state index contributed by atoms with van der Waals surface area (Å²) in [6.07, 6.45) is -1.22. The fourth-order valence-electron chi connectivity index (χ4n) is 3.20. The summed E-state index contributed by atoms with van der Waals surface area (Å²) in [7, 11) is 0. The lowest BCUT2D eigenvalue weighted by Gasteiger charge is -2.25. The minimum Gasteiger partial charge on any atom is -0.481 e. The zero-order chi connectivity index (χ0) is 27.3. The maximum atomic E-state index is 12.9. The monoisotopic (exact) mass is 502 g/mol. The summed E-state index contributed by atoms with van der Waals surface area (Å²) in [5.41, 5.74) is 5.83. The van der Waals surface area contributed by atoms with Crippen molar-refractivity contribution in [1.29, 1.82) is 0 Å². The van der Waals surface area contributed by atoms with Gasteiger partial charge in [-0.2, -0.15) is 0 Å². The van der Waals surface area contributed by atoms with Gasteiger partial charge in [-0.1, -0.05) is 27.7 Å². The van der Waals surface area contributed by atoms with Gasteiger partial charge in [0.05, 0.1) is 6.04 Å². The highest BCUT2D eigenvalue weighted by molar-refractivity contribution is 5.94. The van der Waals surface area contributed by atoms with Crippen LogP contribution < -0.4 is 21.7 Å². The van der Waals surface area contributed by atoms with Crippen LogP contribution in [0.5, 0.6) is 0 Å². The number of amides is 3. The predicted octanol–water partition coefficient (Wildman–Crippen LogP) is -0.325. The Labute approximate surface area is 204 Å². The Balaban J connectivity index is 5.64. The lowest BCUT2D eigenvalue weighted by atomic mass is 10.0. The number of carboxylic acid groups (broad SMARTS) is 3. The van der Waals surface area contributed by atoms with Crippen LogP contribution in [0.15, 0.2) is 0 Å². The largest absolute Gasteiger partial charge is 0.481 e. The second-order valence-electron chi connectivity index (χ2n) is 9.25. The molecule has 0 saturated heterocycles. The van der Waals surface area contributed by atoms with E-state index in [9.17, 15) is 33.9 Å². The van der Waals surface area contributed by atoms with Crippen molar-refractivity contribution < 1.29 is 44.1 Å². The van der Waals surface area contributed by atoms with Gasteiger partial charge in [-0.25, -0.2) is 4.79 Å². The van der Waals surface area contributed by atoms with Crippen molar-refractivity contribution in [3.05, 3.63) is 0 Å². The molecule has 3 amide bonds. The van der Waals surface area contributed by atoms with Crippen LogP contribution >= 0.6 is 0 Å². The molecule has 0 aliphatic rings. The van der Waals surface area contributed by atoms with Crippen molar-refractivity contribution in [2.45, 2.75) is 90.4 Å². The van der Waals surface area contributed by atoms with Gasteiger partial charge in [0.1, 0.15) is 18.1 Å². The molecule has 0 unspecified atom stereocenters. The van der Waals surface area contributed by atoms with E-state index in [-0.39, 0.29) is 31.1 Å². The zero-order valence-corrected chi connectivity index (χ0v) is 20.6. The first-order valence-corrected chi connectivity index (χ1v) is 11.5. The maximum absolute atomic E-state index is 12.9. The molecular formula is C22H38N4O9. The number of carbonyl (C=O) groups is 6. The molecule has 0 saturated carbocycles. The maximum Gasteiger partial charge on any atom is 0.326 e. The van der Waals surface area contributed by atoms with Crippen LogP contribution in [-0.4, -0.2) is 75.1 Å². The number of carbonyl (C=O) groups excluding carboxylic acids is 3. The SMILES string of the molecule is CC(C)C[C@H](NC(=O)[C@H](CCC(=O)O)NC(=O)[C@H](CCC(=O)O)NC(=O)[C@@H](N)CC(C)C)C(=O)O. The highest BCUT2D eigenvalue weighted by Gasteiger charge is 2.31. The molecule has 13 heteroatoms. The molecule has 200 valence electrons. The molecule has 0 radical (unpaired) electrons. The minimum absolute atomic E-state index is 0.0749. The molecule has 0 aliphatic carbocycles. The molecule has 0 aromatic heterocycles. The van der Waals surface area contributed by atoms with Gasteiger partial charge in [-0.15, -0.1) is 0 Å². The molecule has 0 aromatic carbocycles. The second kappa shape index (κ2) is 15.6. The van der Waals surface area contributed by atoms with Gasteiger partial charge < -0.3 is 37.0 Å². The summed E-state index contributed by atoms with van der Waals surface area (Å²) >= 11 is 0. The fourth-order valence-corrected chi connectivity index (χ4v) is 3.20. The predicted molar refractivity (Wildman–Crippen MR) is 124 cm³/mol. The van der Waals surface area contributed by atoms with Crippen LogP contribution in [0.3, 0.4) is 0 Å². The van der Waals surface area contributed by atoms with Crippen molar-refractivity contribution in [3.8, 4) is 0 Å². The van der Waals surface area contributed by atoms with Crippen molar-refractivity contribution in [2.24, 2.45) is 17.6 Å². The Kier molecular flexibility index (Phi) is 14.2. The van der Waals surface area contributed by atoms with Gasteiger partial charge in [0.2, 0.25) is 17.7 Å². The molecule has 0 aromatic rings. The lowest BCUT2D eigenvalue weighted by molar-refractivity contribution is -0.143. The van der Waals surface area contributed by atoms with Crippen molar-refractivity contribution in [3.63, 3.8) is 0 Å². The van der Waals surface area contributed by atoms with E-state index in [1.165, 1.54) is 0 Å². The van der Waals surface area contributed by atoms with Crippen LogP contribution in [-0.2, 0) is 28.8 Å². The van der Waals surface area contributed by atoms with Crippen molar-refractivity contribution in [1.82, 2.24) is 16.0 Å². The molecule has 0 aliphatic heterocycles. The third-order valence-corrected chi connectivity index (χ3v) is 4.94. The minimum atomic E-state index is -1.43. The van der Waals surface area contributed by atoms with E-state index in [0.717, 1.165) is 0 Å². The van der Waals surface area contributed by atoms with Gasteiger partial charge in [-0.3, -0.25) is 24.0 Å². The van der Waals surface area contributed by atoms with Crippen molar-refractivity contribution in [2.75, 3.05) is 0 Å². The van der Waals surface area contributed by atoms with Crippen LogP contribution in [0, 0.1) is 11.8 Å². The van der Waals surface area contributed by atoms with Gasteiger partial charge in [0.25, 0.3) is 0 Å². The summed E-state index contributed by atoms with van der Waals surface area (Å²) in [6, 6.07) is -5.00. The number of carboxylic acids is 3. The number of aliphatic carboxylic acids is 3. The van der Waals surface area contributed by atoms with Gasteiger partial charge >= 0.3 is 17.9 Å². The average Bonchev–Trinajstić information content (AvgIpc) is 2.71. The van der Waals surface area contributed by atoms with Crippen LogP contribution in [0.4, 0.5) is 0 Å². The van der Waals surface area contributed by atoms with E-state index in [0.29, 0.717) is 6.42 Å². The first-order chi connectivity index (χ1) is 16.1. The molecule has 8 N–H and O–H groups in total. The standard InChI is InChI=1S/C22H38N4O9/c1-11(2)9-13(23)19(31)24-14(5-7-17(27)28)20(32)25-15(6-8-18(29)30)21(33)26-16(22(34)35)10-12(3)4/h11-16H,5-10,23H2,1-4H3,(H,24,31)(H,25,32)(H,26,33)(H,27,28)(H,29,30)(H,34,35)/t13-,14-,15-,16-/m0/s1. The summed E-state index contributed by atoms with van der Waals surface area (Å²) < 4.78 is 0. The van der Waals surface area contributed by atoms with E-state index in [4.69, 9.17) is 15.9 Å². The van der Waals surface area contributed by atoms with Gasteiger partial charge in [0, 0.05) is 12.8 Å². The fraction of sp³-hybridized carbons (Fsp3) is 0.727. The molecule has 35 heavy (non-hydrogen) atoms. The van der Waals surface area contributed by atoms with Crippen LogP contribution in [0.2, 0.25) is 0 Å². The summed E-state index contributed by atoms with van der Waals surface area (Å²) in [5.74, 6) is -6.26. The molecule has 0 fully saturated rings. The Morgan fingerprint density at radius 3 is 1.34 bits per heavy atom. The Bertz CT molecular complexity index is 770. The smallest absolute Gasteiger partial charge is 0.326 e. The Hall–Kier alpha value is -3.22. The molecule has 4 atom stereocenters. The number of nitrogens with one attached hydrogen (secondary N) is 3. The van der Waals surface area contributed by atoms with E-state index >= 15 is 0 Å². The van der Waals surface area contributed by atoms with E-state index in [1.54, 1.807) is 13.8 Å². The highest BCUT2D eigenvalue weighted by Crippen LogP contribution is 2.09. The molecular weight excluding hydrogens is 464 g/mol. The van der Waals surface area contributed by atoms with E-state index in [1.807, 2.05) is 13.8 Å². The average molecular weight is 503 g/mol. The van der Waals surface area contributed by atoms with Crippen LogP contribution in [0.1, 0.15) is 66.2 Å². The zero-order valence-electron chi connectivity index (χ0n) is 20.6. The quantitative estimate of drug-likeness (QED) is 0.137. The van der Waals surface area contributed by atoms with Crippen molar-refractivity contribution >= 4 is 35.6 Å². The van der Waals surface area contributed by atoms with E-state index < -0.39 is 72.6 Å².